The zero-order chi connectivity index (χ0) is 8.85. The van der Waals surface area contributed by atoms with Gasteiger partial charge >= 0.3 is 0 Å². The summed E-state index contributed by atoms with van der Waals surface area (Å²) in [5, 5.41) is 0. The van der Waals surface area contributed by atoms with Crippen molar-refractivity contribution in [1.82, 2.24) is 4.90 Å². The summed E-state index contributed by atoms with van der Waals surface area (Å²) >= 11 is 0. The van der Waals surface area contributed by atoms with E-state index in [-0.39, 0.29) is 11.8 Å². The van der Waals surface area contributed by atoms with Gasteiger partial charge in [0, 0.05) is 26.6 Å². The fourth-order valence-corrected chi connectivity index (χ4v) is 0.779. The molecule has 0 saturated carbocycles. The molecule has 0 aromatic heterocycles. The Balaban J connectivity index is 3.64. The van der Waals surface area contributed by atoms with Gasteiger partial charge in [0.25, 0.3) is 0 Å². The van der Waals surface area contributed by atoms with Crippen molar-refractivity contribution in [3.8, 4) is 0 Å². The highest BCUT2D eigenvalue weighted by molar-refractivity contribution is 5.77. The molecule has 11 heavy (non-hydrogen) atoms. The molecule has 0 aliphatic heterocycles. The molecule has 0 aliphatic carbocycles. The van der Waals surface area contributed by atoms with Gasteiger partial charge in [-0.25, -0.2) is 0 Å². The van der Waals surface area contributed by atoms with Crippen molar-refractivity contribution in [3.63, 3.8) is 0 Å². The minimum atomic E-state index is 0.0804. The van der Waals surface area contributed by atoms with E-state index >= 15 is 0 Å². The van der Waals surface area contributed by atoms with Gasteiger partial charge in [0.05, 0.1) is 6.61 Å². The lowest BCUT2D eigenvalue weighted by molar-refractivity contribution is -0.133. The van der Waals surface area contributed by atoms with Crippen molar-refractivity contribution in [2.24, 2.45) is 5.92 Å². The molecule has 0 aromatic rings. The molecule has 0 rings (SSSR count). The molecule has 0 fully saturated rings. The summed E-state index contributed by atoms with van der Waals surface area (Å²) in [6, 6.07) is 0. The van der Waals surface area contributed by atoms with Gasteiger partial charge in [-0.15, -0.1) is 0 Å². The van der Waals surface area contributed by atoms with Crippen LogP contribution in [0.15, 0.2) is 0 Å². The van der Waals surface area contributed by atoms with E-state index in [0.29, 0.717) is 13.2 Å². The Morgan fingerprint density at radius 1 is 1.55 bits per heavy atom. The van der Waals surface area contributed by atoms with Crippen LogP contribution in [0.1, 0.15) is 13.8 Å². The van der Waals surface area contributed by atoms with Crippen molar-refractivity contribution < 1.29 is 9.53 Å². The van der Waals surface area contributed by atoms with E-state index < -0.39 is 0 Å². The lowest BCUT2D eigenvalue weighted by Crippen LogP contribution is -2.33. The van der Waals surface area contributed by atoms with E-state index in [2.05, 4.69) is 0 Å². The van der Waals surface area contributed by atoms with Crippen LogP contribution in [0, 0.1) is 5.92 Å². The summed E-state index contributed by atoms with van der Waals surface area (Å²) < 4.78 is 4.85. The molecule has 3 heteroatoms. The molecule has 0 N–H and O–H groups in total. The average Bonchev–Trinajstić information content (AvgIpc) is 1.98. The van der Waals surface area contributed by atoms with Gasteiger partial charge in [-0.1, -0.05) is 13.8 Å². The van der Waals surface area contributed by atoms with Crippen LogP contribution in [0.5, 0.6) is 0 Å². The monoisotopic (exact) mass is 159 g/mol. The van der Waals surface area contributed by atoms with Crippen LogP contribution < -0.4 is 0 Å². The minimum absolute atomic E-state index is 0.0804. The Labute approximate surface area is 68.3 Å². The third-order valence-electron chi connectivity index (χ3n) is 1.50. The average molecular weight is 159 g/mol. The molecule has 0 unspecified atom stereocenters. The number of hydrogen-bond acceptors (Lipinski definition) is 2. The smallest absolute Gasteiger partial charge is 0.224 e. The number of carbonyl (C=O) groups excluding carboxylic acids is 1. The van der Waals surface area contributed by atoms with Crippen LogP contribution in [-0.4, -0.2) is 38.1 Å². The second-order valence-corrected chi connectivity index (χ2v) is 2.91. The van der Waals surface area contributed by atoms with Crippen LogP contribution >= 0.6 is 0 Å². The Morgan fingerprint density at radius 2 is 2.09 bits per heavy atom. The van der Waals surface area contributed by atoms with Crippen LogP contribution in [0.3, 0.4) is 0 Å². The highest BCUT2D eigenvalue weighted by Crippen LogP contribution is 1.97. The Bertz CT molecular complexity index is 123. The summed E-state index contributed by atoms with van der Waals surface area (Å²) in [6.07, 6.45) is 0. The predicted molar refractivity (Wildman–Crippen MR) is 44.4 cm³/mol. The Kier molecular flexibility index (Phi) is 4.86. The zero-order valence-electron chi connectivity index (χ0n) is 7.76. The molecule has 0 aliphatic rings. The van der Waals surface area contributed by atoms with Crippen molar-refractivity contribution in [3.05, 3.63) is 0 Å². The number of likely N-dealkylation sites (N-methyl/N-ethyl adjacent to an activating group) is 1. The third-order valence-corrected chi connectivity index (χ3v) is 1.50. The third kappa shape index (κ3) is 3.98. The van der Waals surface area contributed by atoms with Crippen LogP contribution in [0.2, 0.25) is 0 Å². The van der Waals surface area contributed by atoms with Gasteiger partial charge in [0.2, 0.25) is 5.91 Å². The summed E-state index contributed by atoms with van der Waals surface area (Å²) in [4.78, 5) is 12.9. The molecular formula is C8H17NO2. The normalized spacial score (nSPS) is 10.3. The number of ether oxygens (including phenoxy) is 1. The van der Waals surface area contributed by atoms with Crippen molar-refractivity contribution in [1.29, 1.82) is 0 Å². The molecule has 1 amide bonds. The fraction of sp³-hybridized carbons (Fsp3) is 0.875. The standard InChI is InChI=1S/C8H17NO2/c1-7(2)8(10)9(3)5-6-11-4/h7H,5-6H2,1-4H3. The molecular weight excluding hydrogens is 142 g/mol. The zero-order valence-corrected chi connectivity index (χ0v) is 7.76. The highest BCUT2D eigenvalue weighted by atomic mass is 16.5. The Morgan fingerprint density at radius 3 is 2.45 bits per heavy atom. The maximum absolute atomic E-state index is 11.2. The summed E-state index contributed by atoms with van der Waals surface area (Å²) in [6.45, 7) is 5.07. The number of amides is 1. The molecule has 0 radical (unpaired) electrons. The maximum Gasteiger partial charge on any atom is 0.224 e. The van der Waals surface area contributed by atoms with E-state index in [9.17, 15) is 4.79 Å². The lowest BCUT2D eigenvalue weighted by Gasteiger charge is -2.18. The van der Waals surface area contributed by atoms with Crippen molar-refractivity contribution in [2.45, 2.75) is 13.8 Å². The van der Waals surface area contributed by atoms with Gasteiger partial charge in [-0.2, -0.15) is 0 Å². The van der Waals surface area contributed by atoms with E-state index in [1.54, 1.807) is 19.1 Å². The van der Waals surface area contributed by atoms with E-state index in [4.69, 9.17) is 4.74 Å². The number of hydrogen-bond donors (Lipinski definition) is 0. The van der Waals surface area contributed by atoms with Gasteiger partial charge in [-0.05, 0) is 0 Å². The van der Waals surface area contributed by atoms with Crippen molar-refractivity contribution in [2.75, 3.05) is 27.3 Å². The van der Waals surface area contributed by atoms with Gasteiger partial charge < -0.3 is 9.64 Å². The van der Waals surface area contributed by atoms with Crippen LogP contribution in [-0.2, 0) is 9.53 Å². The first kappa shape index (κ1) is 10.4. The molecule has 0 heterocycles. The molecule has 0 spiro atoms. The summed E-state index contributed by atoms with van der Waals surface area (Å²) in [5.41, 5.74) is 0. The van der Waals surface area contributed by atoms with E-state index in [1.807, 2.05) is 13.8 Å². The number of nitrogens with zero attached hydrogens (tertiary/aromatic N) is 1. The van der Waals surface area contributed by atoms with Gasteiger partial charge in [0.15, 0.2) is 0 Å². The summed E-state index contributed by atoms with van der Waals surface area (Å²) in [7, 11) is 3.43. The first-order valence-corrected chi connectivity index (χ1v) is 3.83. The first-order valence-electron chi connectivity index (χ1n) is 3.83. The fourth-order valence-electron chi connectivity index (χ4n) is 0.779. The lowest BCUT2D eigenvalue weighted by atomic mass is 10.2. The van der Waals surface area contributed by atoms with Crippen LogP contribution in [0.25, 0.3) is 0 Å². The topological polar surface area (TPSA) is 29.5 Å². The van der Waals surface area contributed by atoms with E-state index in [1.165, 1.54) is 0 Å². The second-order valence-electron chi connectivity index (χ2n) is 2.91. The second kappa shape index (κ2) is 5.13. The number of carbonyl (C=O) groups is 1. The summed E-state index contributed by atoms with van der Waals surface area (Å²) in [5.74, 6) is 0.249. The molecule has 3 nitrogen and oxygen atoms in total. The molecule has 0 aromatic carbocycles. The number of rotatable bonds is 4. The van der Waals surface area contributed by atoms with E-state index in [0.717, 1.165) is 0 Å². The largest absolute Gasteiger partial charge is 0.383 e. The molecule has 0 saturated heterocycles. The molecule has 0 bridgehead atoms. The van der Waals surface area contributed by atoms with Crippen LogP contribution in [0.4, 0.5) is 0 Å². The quantitative estimate of drug-likeness (QED) is 0.605. The first-order chi connectivity index (χ1) is 5.09. The number of methoxy groups -OCH3 is 1. The highest BCUT2D eigenvalue weighted by Gasteiger charge is 2.11. The van der Waals surface area contributed by atoms with Gasteiger partial charge in [0.1, 0.15) is 0 Å². The Hall–Kier alpha value is -0.570. The molecule has 66 valence electrons. The minimum Gasteiger partial charge on any atom is -0.383 e. The molecule has 0 atom stereocenters. The maximum atomic E-state index is 11.2. The predicted octanol–water partition coefficient (Wildman–Crippen LogP) is 0.747. The van der Waals surface area contributed by atoms with Gasteiger partial charge in [-0.3, -0.25) is 4.79 Å². The van der Waals surface area contributed by atoms with Crippen molar-refractivity contribution >= 4 is 5.91 Å². The SMILES string of the molecule is COCCN(C)C(=O)C(C)C.